The Morgan fingerprint density at radius 2 is 1.63 bits per heavy atom. The van der Waals surface area contributed by atoms with Crippen molar-refractivity contribution in [3.63, 3.8) is 0 Å². The maximum Gasteiger partial charge on any atom is 0.275 e. The molecule has 2 aromatic rings. The van der Waals surface area contributed by atoms with Crippen molar-refractivity contribution in [3.05, 3.63) is 65.7 Å². The number of hydrogen-bond acceptors (Lipinski definition) is 2. The number of hydrogen-bond donors (Lipinski definition) is 3. The number of nitrogens with two attached hydrogens (primary N) is 1. The fourth-order valence-electron chi connectivity index (χ4n) is 3.10. The molecule has 0 fully saturated rings. The van der Waals surface area contributed by atoms with Gasteiger partial charge in [-0.15, -0.1) is 0 Å². The quantitative estimate of drug-likeness (QED) is 0.635. The molecule has 2 aromatic carbocycles. The van der Waals surface area contributed by atoms with Crippen LogP contribution >= 0.6 is 0 Å². The van der Waals surface area contributed by atoms with Crippen molar-refractivity contribution in [3.8, 4) is 0 Å². The summed E-state index contributed by atoms with van der Waals surface area (Å²) in [5.74, 6) is 0.0391. The van der Waals surface area contributed by atoms with Gasteiger partial charge in [0.25, 0.3) is 5.91 Å². The fourth-order valence-corrected chi connectivity index (χ4v) is 3.10. The first-order valence-electron chi connectivity index (χ1n) is 9.54. The van der Waals surface area contributed by atoms with E-state index in [1.807, 2.05) is 54.7 Å². The number of aryl methyl sites for hydroxylation is 1. The number of anilines is 1. The Morgan fingerprint density at radius 1 is 0.963 bits per heavy atom. The third-order valence-corrected chi connectivity index (χ3v) is 4.58. The Morgan fingerprint density at radius 3 is 2.30 bits per heavy atom. The zero-order valence-electron chi connectivity index (χ0n) is 16.4. The van der Waals surface area contributed by atoms with E-state index < -0.39 is 0 Å². The average molecular weight is 369 g/mol. The number of carbonyl (C=O) groups is 2. The van der Waals surface area contributed by atoms with Crippen LogP contribution in [0.4, 0.5) is 5.69 Å². The molecule has 4 N–H and O–H groups in total. The molecule has 0 heterocycles. The fraction of sp³-hybridized carbons (Fsp3) is 0.364. The Bertz CT molecular complexity index is 744. The molecule has 0 spiro atoms. The molecule has 0 aliphatic rings. The minimum Gasteiger partial charge on any atom is -0.342 e. The number of para-hydroxylation sites is 1. The first-order chi connectivity index (χ1) is 13.0. The lowest BCUT2D eigenvalue weighted by Crippen LogP contribution is -2.88. The standard InChI is InChI=1S/C22H29N3O2/c1-4-17-10-8-9-13-19(17)25-21(27)15-23-20(26)14-24-22(16(2)3)18-11-6-5-7-12-18/h5-13,16,22,24H,4,14-15H2,1-3H3,(H,23,26)(H,25,27)/p+1/t22-/m1/s1. The second-order valence-electron chi connectivity index (χ2n) is 6.96. The van der Waals surface area contributed by atoms with Crippen LogP contribution in [-0.2, 0) is 16.0 Å². The highest BCUT2D eigenvalue weighted by molar-refractivity contribution is 5.95. The van der Waals surface area contributed by atoms with Gasteiger partial charge in [0.1, 0.15) is 6.04 Å². The summed E-state index contributed by atoms with van der Waals surface area (Å²) < 4.78 is 0. The summed E-state index contributed by atoms with van der Waals surface area (Å²) in [6.45, 7) is 6.59. The predicted molar refractivity (Wildman–Crippen MR) is 108 cm³/mol. The van der Waals surface area contributed by atoms with Gasteiger partial charge in [-0.3, -0.25) is 9.59 Å². The minimum atomic E-state index is -0.215. The lowest BCUT2D eigenvalue weighted by Gasteiger charge is -2.19. The molecule has 0 saturated heterocycles. The van der Waals surface area contributed by atoms with E-state index in [9.17, 15) is 9.59 Å². The van der Waals surface area contributed by atoms with Crippen molar-refractivity contribution in [1.29, 1.82) is 0 Å². The summed E-state index contributed by atoms with van der Waals surface area (Å²) in [6.07, 6.45) is 0.841. The summed E-state index contributed by atoms with van der Waals surface area (Å²) >= 11 is 0. The molecule has 0 aromatic heterocycles. The Kier molecular flexibility index (Phi) is 8.01. The maximum absolute atomic E-state index is 12.2. The maximum atomic E-state index is 12.2. The van der Waals surface area contributed by atoms with Gasteiger partial charge in [-0.1, -0.05) is 69.3 Å². The molecule has 5 nitrogen and oxygen atoms in total. The second-order valence-corrected chi connectivity index (χ2v) is 6.96. The summed E-state index contributed by atoms with van der Waals surface area (Å²) in [4.78, 5) is 24.3. The molecule has 144 valence electrons. The van der Waals surface area contributed by atoms with E-state index in [1.165, 1.54) is 5.56 Å². The van der Waals surface area contributed by atoms with Crippen LogP contribution in [-0.4, -0.2) is 24.9 Å². The Balaban J connectivity index is 1.80. The molecular weight excluding hydrogens is 338 g/mol. The molecular formula is C22H30N3O2+. The molecule has 27 heavy (non-hydrogen) atoms. The van der Waals surface area contributed by atoms with Crippen LogP contribution in [0.5, 0.6) is 0 Å². The SMILES string of the molecule is CCc1ccccc1NC(=O)CNC(=O)C[NH2+][C@@H](c1ccccc1)C(C)C. The second kappa shape index (κ2) is 10.5. The topological polar surface area (TPSA) is 74.8 Å². The molecule has 0 unspecified atom stereocenters. The van der Waals surface area contributed by atoms with E-state index in [1.54, 1.807) is 0 Å². The average Bonchev–Trinajstić information content (AvgIpc) is 2.67. The smallest absolute Gasteiger partial charge is 0.275 e. The molecule has 2 rings (SSSR count). The highest BCUT2D eigenvalue weighted by Gasteiger charge is 2.20. The number of rotatable bonds is 9. The lowest BCUT2D eigenvalue weighted by atomic mass is 9.96. The van der Waals surface area contributed by atoms with E-state index in [0.717, 1.165) is 17.7 Å². The van der Waals surface area contributed by atoms with Crippen LogP contribution in [0, 0.1) is 5.92 Å². The van der Waals surface area contributed by atoms with Gasteiger partial charge in [-0.05, 0) is 18.1 Å². The summed E-state index contributed by atoms with van der Waals surface area (Å²) in [5.41, 5.74) is 3.08. The van der Waals surface area contributed by atoms with Gasteiger partial charge >= 0.3 is 0 Å². The number of quaternary nitrogens is 1. The summed E-state index contributed by atoms with van der Waals surface area (Å²) in [5, 5.41) is 7.59. The van der Waals surface area contributed by atoms with Gasteiger partial charge in [0, 0.05) is 17.2 Å². The van der Waals surface area contributed by atoms with Crippen molar-refractivity contribution in [2.45, 2.75) is 33.2 Å². The van der Waals surface area contributed by atoms with Crippen molar-refractivity contribution >= 4 is 17.5 Å². The van der Waals surface area contributed by atoms with Crippen molar-refractivity contribution in [1.82, 2.24) is 5.32 Å². The van der Waals surface area contributed by atoms with E-state index in [2.05, 4.69) is 36.6 Å². The normalized spacial score (nSPS) is 11.9. The first-order valence-corrected chi connectivity index (χ1v) is 9.54. The molecule has 1 atom stereocenters. The van der Waals surface area contributed by atoms with Crippen LogP contribution < -0.4 is 16.0 Å². The first kappa shape index (κ1) is 20.6. The number of benzene rings is 2. The molecule has 0 saturated carbocycles. The lowest BCUT2D eigenvalue weighted by molar-refractivity contribution is -0.692. The summed E-state index contributed by atoms with van der Waals surface area (Å²) in [6, 6.07) is 18.1. The third kappa shape index (κ3) is 6.53. The van der Waals surface area contributed by atoms with Crippen LogP contribution in [0.3, 0.4) is 0 Å². The highest BCUT2D eigenvalue weighted by Crippen LogP contribution is 2.17. The van der Waals surface area contributed by atoms with E-state index >= 15 is 0 Å². The van der Waals surface area contributed by atoms with Crippen molar-refractivity contribution in [2.75, 3.05) is 18.4 Å². The molecule has 5 heteroatoms. The highest BCUT2D eigenvalue weighted by atomic mass is 16.2. The van der Waals surface area contributed by atoms with Crippen LogP contribution in [0.25, 0.3) is 0 Å². The predicted octanol–water partition coefficient (Wildman–Crippen LogP) is 2.26. The van der Waals surface area contributed by atoms with Gasteiger partial charge in [-0.25, -0.2) is 0 Å². The Hall–Kier alpha value is -2.66. The van der Waals surface area contributed by atoms with Gasteiger partial charge in [0.15, 0.2) is 6.54 Å². The van der Waals surface area contributed by atoms with Crippen molar-refractivity contribution < 1.29 is 14.9 Å². The zero-order valence-corrected chi connectivity index (χ0v) is 16.4. The van der Waals surface area contributed by atoms with E-state index in [-0.39, 0.29) is 30.9 Å². The molecule has 0 aliphatic carbocycles. The molecule has 0 aliphatic heterocycles. The monoisotopic (exact) mass is 368 g/mol. The van der Waals surface area contributed by atoms with Crippen LogP contribution in [0.2, 0.25) is 0 Å². The van der Waals surface area contributed by atoms with E-state index in [4.69, 9.17) is 0 Å². The third-order valence-electron chi connectivity index (χ3n) is 4.58. The number of carbonyl (C=O) groups excluding carboxylic acids is 2. The largest absolute Gasteiger partial charge is 0.342 e. The van der Waals surface area contributed by atoms with Gasteiger partial charge in [-0.2, -0.15) is 0 Å². The van der Waals surface area contributed by atoms with Gasteiger partial charge < -0.3 is 16.0 Å². The number of amides is 2. The minimum absolute atomic E-state index is 0.0254. The van der Waals surface area contributed by atoms with Gasteiger partial charge in [0.2, 0.25) is 5.91 Å². The van der Waals surface area contributed by atoms with Crippen LogP contribution in [0.15, 0.2) is 54.6 Å². The Labute approximate surface area is 161 Å². The van der Waals surface area contributed by atoms with Gasteiger partial charge in [0.05, 0.1) is 6.54 Å². The zero-order chi connectivity index (χ0) is 19.6. The van der Waals surface area contributed by atoms with E-state index in [0.29, 0.717) is 5.92 Å². The summed E-state index contributed by atoms with van der Waals surface area (Å²) in [7, 11) is 0. The molecule has 0 bridgehead atoms. The number of nitrogens with one attached hydrogen (secondary N) is 2. The molecule has 0 radical (unpaired) electrons. The van der Waals surface area contributed by atoms with Crippen molar-refractivity contribution in [2.24, 2.45) is 5.92 Å². The molecule has 2 amide bonds. The van der Waals surface area contributed by atoms with Crippen LogP contribution in [0.1, 0.15) is 37.9 Å².